The van der Waals surface area contributed by atoms with Gasteiger partial charge in [0.25, 0.3) is 0 Å². The highest BCUT2D eigenvalue weighted by Gasteiger charge is 2.61. The zero-order chi connectivity index (χ0) is 14.9. The number of hydrogen-bond acceptors (Lipinski definition) is 3. The molecule has 0 bridgehead atoms. The number of carbonyl (C=O) groups is 1. The van der Waals surface area contributed by atoms with E-state index >= 15 is 0 Å². The number of ether oxygens (including phenoxy) is 1. The van der Waals surface area contributed by atoms with Gasteiger partial charge in [-0.15, -0.1) is 11.8 Å². The molecule has 0 unspecified atom stereocenters. The van der Waals surface area contributed by atoms with Gasteiger partial charge in [-0.2, -0.15) is 0 Å². The molecule has 0 N–H and O–H groups in total. The summed E-state index contributed by atoms with van der Waals surface area (Å²) < 4.78 is 5.23. The molecule has 0 aromatic heterocycles. The van der Waals surface area contributed by atoms with Crippen molar-refractivity contribution in [3.05, 3.63) is 24.3 Å². The third kappa shape index (κ3) is 2.21. The van der Waals surface area contributed by atoms with E-state index in [0.717, 1.165) is 25.0 Å². The van der Waals surface area contributed by atoms with Crippen LogP contribution in [-0.2, 0) is 4.79 Å². The highest BCUT2D eigenvalue weighted by Crippen LogP contribution is 2.66. The van der Waals surface area contributed by atoms with Gasteiger partial charge in [0.2, 0.25) is 0 Å². The Balaban J connectivity index is 1.83. The fourth-order valence-corrected chi connectivity index (χ4v) is 6.32. The highest BCUT2D eigenvalue weighted by atomic mass is 32.2. The third-order valence-corrected chi connectivity index (χ3v) is 7.42. The lowest BCUT2D eigenvalue weighted by Crippen LogP contribution is -2.39. The predicted octanol–water partition coefficient (Wildman–Crippen LogP) is 4.72. The van der Waals surface area contributed by atoms with E-state index in [-0.39, 0.29) is 10.8 Å². The van der Waals surface area contributed by atoms with Gasteiger partial charge in [-0.05, 0) is 61.8 Å². The standard InChI is InChI=1S/C18H24O2S/c1-3-18-11-4-10-17(18,13-19)12-9-16(18)21-15-7-5-14(20-2)6-8-15/h5-8,13,16H,3-4,9-12H2,1-2H3/t16-,17+,18-/m0/s1. The van der Waals surface area contributed by atoms with E-state index in [9.17, 15) is 4.79 Å². The second-order valence-corrected chi connectivity index (χ2v) is 7.73. The van der Waals surface area contributed by atoms with Gasteiger partial charge in [0.05, 0.1) is 7.11 Å². The molecule has 2 fully saturated rings. The number of aldehydes is 1. The number of fused-ring (bicyclic) bond motifs is 1. The van der Waals surface area contributed by atoms with Gasteiger partial charge in [-0.3, -0.25) is 0 Å². The first-order valence-electron chi connectivity index (χ1n) is 7.97. The van der Waals surface area contributed by atoms with E-state index in [1.165, 1.54) is 30.4 Å². The second kappa shape index (κ2) is 5.68. The maximum absolute atomic E-state index is 11.8. The van der Waals surface area contributed by atoms with E-state index in [1.54, 1.807) is 7.11 Å². The maximum Gasteiger partial charge on any atom is 0.126 e. The van der Waals surface area contributed by atoms with Crippen molar-refractivity contribution >= 4 is 18.0 Å². The maximum atomic E-state index is 11.8. The molecule has 3 atom stereocenters. The molecule has 0 radical (unpaired) electrons. The summed E-state index contributed by atoms with van der Waals surface area (Å²) >= 11 is 1.97. The Morgan fingerprint density at radius 2 is 2.05 bits per heavy atom. The Labute approximate surface area is 131 Å². The molecule has 0 amide bonds. The number of rotatable bonds is 5. The predicted molar refractivity (Wildman–Crippen MR) is 86.9 cm³/mol. The minimum atomic E-state index is -0.0358. The van der Waals surface area contributed by atoms with Gasteiger partial charge in [0.1, 0.15) is 12.0 Å². The molecule has 1 aromatic carbocycles. The zero-order valence-electron chi connectivity index (χ0n) is 12.9. The SMILES string of the molecule is CC[C@@]12CCC[C@]1(C=O)CC[C@@H]2Sc1ccc(OC)cc1. The Hall–Kier alpha value is -0.960. The number of carbonyl (C=O) groups excluding carboxylic acids is 1. The molecule has 2 nitrogen and oxygen atoms in total. The molecule has 0 aliphatic heterocycles. The smallest absolute Gasteiger partial charge is 0.126 e. The lowest BCUT2D eigenvalue weighted by molar-refractivity contribution is -0.120. The van der Waals surface area contributed by atoms with Crippen molar-refractivity contribution in [2.45, 2.75) is 55.6 Å². The average Bonchev–Trinajstić information content (AvgIpc) is 3.04. The van der Waals surface area contributed by atoms with Crippen molar-refractivity contribution in [1.29, 1.82) is 0 Å². The molecule has 114 valence electrons. The van der Waals surface area contributed by atoms with Crippen molar-refractivity contribution < 1.29 is 9.53 Å². The Bertz CT molecular complexity index is 512. The molecule has 0 spiro atoms. The largest absolute Gasteiger partial charge is 0.497 e. The van der Waals surface area contributed by atoms with Crippen LogP contribution in [0.4, 0.5) is 0 Å². The number of benzene rings is 1. The van der Waals surface area contributed by atoms with Crippen LogP contribution in [0.1, 0.15) is 45.4 Å². The van der Waals surface area contributed by atoms with Crippen LogP contribution in [0.5, 0.6) is 5.75 Å². The molecule has 1 aromatic rings. The van der Waals surface area contributed by atoms with Gasteiger partial charge >= 0.3 is 0 Å². The fourth-order valence-electron chi connectivity index (χ4n) is 4.72. The van der Waals surface area contributed by atoms with Gasteiger partial charge in [0, 0.05) is 15.6 Å². The summed E-state index contributed by atoms with van der Waals surface area (Å²) in [5.41, 5.74) is 0.186. The van der Waals surface area contributed by atoms with Gasteiger partial charge in [-0.25, -0.2) is 0 Å². The van der Waals surface area contributed by atoms with E-state index in [2.05, 4.69) is 19.1 Å². The molecule has 3 heteroatoms. The van der Waals surface area contributed by atoms with Crippen LogP contribution in [0, 0.1) is 10.8 Å². The van der Waals surface area contributed by atoms with Crippen molar-refractivity contribution in [3.8, 4) is 5.75 Å². The summed E-state index contributed by atoms with van der Waals surface area (Å²) in [6, 6.07) is 8.33. The van der Waals surface area contributed by atoms with Crippen LogP contribution in [0.25, 0.3) is 0 Å². The minimum Gasteiger partial charge on any atom is -0.497 e. The number of methoxy groups -OCH3 is 1. The summed E-state index contributed by atoms with van der Waals surface area (Å²) in [5.74, 6) is 0.902. The average molecular weight is 304 g/mol. The summed E-state index contributed by atoms with van der Waals surface area (Å²) in [6.07, 6.45) is 8.21. The Morgan fingerprint density at radius 1 is 1.29 bits per heavy atom. The molecule has 2 aliphatic carbocycles. The Morgan fingerprint density at radius 3 is 2.67 bits per heavy atom. The van der Waals surface area contributed by atoms with E-state index < -0.39 is 0 Å². The normalized spacial score (nSPS) is 34.7. The monoisotopic (exact) mass is 304 g/mol. The Kier molecular flexibility index (Phi) is 4.04. The van der Waals surface area contributed by atoms with Crippen LogP contribution < -0.4 is 4.74 Å². The third-order valence-electron chi connectivity index (χ3n) is 5.90. The topological polar surface area (TPSA) is 26.3 Å². The van der Waals surface area contributed by atoms with E-state index in [1.807, 2.05) is 23.9 Å². The minimum absolute atomic E-state index is 0.0358. The molecular formula is C18H24O2S. The van der Waals surface area contributed by atoms with Crippen molar-refractivity contribution in [2.24, 2.45) is 10.8 Å². The zero-order valence-corrected chi connectivity index (χ0v) is 13.7. The number of thioether (sulfide) groups is 1. The van der Waals surface area contributed by atoms with E-state index in [4.69, 9.17) is 4.74 Å². The first-order valence-corrected chi connectivity index (χ1v) is 8.85. The summed E-state index contributed by atoms with van der Waals surface area (Å²) in [4.78, 5) is 13.1. The highest BCUT2D eigenvalue weighted by molar-refractivity contribution is 8.00. The lowest BCUT2D eigenvalue weighted by atomic mass is 9.67. The molecule has 2 saturated carbocycles. The summed E-state index contributed by atoms with van der Waals surface area (Å²) in [7, 11) is 1.70. The van der Waals surface area contributed by atoms with Crippen LogP contribution in [-0.4, -0.2) is 18.6 Å². The molecule has 2 aliphatic rings. The fraction of sp³-hybridized carbons (Fsp3) is 0.611. The van der Waals surface area contributed by atoms with Crippen molar-refractivity contribution in [2.75, 3.05) is 7.11 Å². The van der Waals surface area contributed by atoms with E-state index in [0.29, 0.717) is 5.25 Å². The van der Waals surface area contributed by atoms with Gasteiger partial charge in [0.15, 0.2) is 0 Å². The van der Waals surface area contributed by atoms with Crippen LogP contribution in [0.2, 0.25) is 0 Å². The first kappa shape index (κ1) is 15.0. The van der Waals surface area contributed by atoms with Crippen molar-refractivity contribution in [1.82, 2.24) is 0 Å². The molecule has 21 heavy (non-hydrogen) atoms. The molecule has 0 saturated heterocycles. The number of hydrogen-bond donors (Lipinski definition) is 0. The van der Waals surface area contributed by atoms with Crippen LogP contribution >= 0.6 is 11.8 Å². The molecule has 0 heterocycles. The summed E-state index contributed by atoms with van der Waals surface area (Å²) in [5, 5.41) is 0.573. The second-order valence-electron chi connectivity index (χ2n) is 6.46. The van der Waals surface area contributed by atoms with Crippen LogP contribution in [0.15, 0.2) is 29.2 Å². The van der Waals surface area contributed by atoms with Gasteiger partial charge in [-0.1, -0.05) is 13.3 Å². The summed E-state index contributed by atoms with van der Waals surface area (Å²) in [6.45, 7) is 2.27. The first-order chi connectivity index (χ1) is 10.2. The van der Waals surface area contributed by atoms with Crippen molar-refractivity contribution in [3.63, 3.8) is 0 Å². The molecular weight excluding hydrogens is 280 g/mol. The van der Waals surface area contributed by atoms with Crippen LogP contribution in [0.3, 0.4) is 0 Å². The quantitative estimate of drug-likeness (QED) is 0.737. The lowest BCUT2D eigenvalue weighted by Gasteiger charge is -2.40. The molecule has 3 rings (SSSR count). The van der Waals surface area contributed by atoms with Gasteiger partial charge < -0.3 is 9.53 Å².